The van der Waals surface area contributed by atoms with E-state index in [4.69, 9.17) is 4.74 Å². The van der Waals surface area contributed by atoms with Crippen molar-refractivity contribution in [1.29, 1.82) is 0 Å². The zero-order valence-electron chi connectivity index (χ0n) is 12.3. The van der Waals surface area contributed by atoms with E-state index in [1.54, 1.807) is 0 Å². The molecule has 1 rings (SSSR count). The van der Waals surface area contributed by atoms with Gasteiger partial charge in [-0.05, 0) is 13.3 Å². The van der Waals surface area contributed by atoms with Crippen molar-refractivity contribution in [2.75, 3.05) is 6.61 Å². The highest BCUT2D eigenvalue weighted by atomic mass is 16.5. The van der Waals surface area contributed by atoms with E-state index in [0.29, 0.717) is 25.0 Å². The molecule has 0 spiro atoms. The van der Waals surface area contributed by atoms with Gasteiger partial charge in [0, 0.05) is 25.3 Å². The van der Waals surface area contributed by atoms with Gasteiger partial charge in [0.1, 0.15) is 11.9 Å². The average Bonchev–Trinajstić information content (AvgIpc) is 2.35. The first-order chi connectivity index (χ1) is 9.06. The minimum absolute atomic E-state index is 0.119. The molecular weight excluding hydrogens is 242 g/mol. The van der Waals surface area contributed by atoms with Gasteiger partial charge in [-0.25, -0.2) is 4.98 Å². The van der Waals surface area contributed by atoms with Crippen molar-refractivity contribution in [1.82, 2.24) is 15.3 Å². The summed E-state index contributed by atoms with van der Waals surface area (Å²) in [6.07, 6.45) is 1.72. The summed E-state index contributed by atoms with van der Waals surface area (Å²) in [5.74, 6) is 0.636. The molecule has 19 heavy (non-hydrogen) atoms. The van der Waals surface area contributed by atoms with Crippen LogP contribution in [0.15, 0.2) is 10.9 Å². The fourth-order valence-corrected chi connectivity index (χ4v) is 1.84. The maximum absolute atomic E-state index is 11.7. The van der Waals surface area contributed by atoms with Crippen LogP contribution in [0.3, 0.4) is 0 Å². The maximum atomic E-state index is 11.7. The second-order valence-corrected chi connectivity index (χ2v) is 4.89. The Morgan fingerprint density at radius 3 is 2.74 bits per heavy atom. The highest BCUT2D eigenvalue weighted by Gasteiger charge is 2.14. The van der Waals surface area contributed by atoms with E-state index >= 15 is 0 Å². The third-order valence-electron chi connectivity index (χ3n) is 2.73. The average molecular weight is 267 g/mol. The largest absolute Gasteiger partial charge is 0.371 e. The van der Waals surface area contributed by atoms with Gasteiger partial charge in [-0.3, -0.25) is 4.79 Å². The molecule has 0 aliphatic carbocycles. The van der Waals surface area contributed by atoms with Gasteiger partial charge in [-0.1, -0.05) is 27.2 Å². The number of rotatable bonds is 8. The van der Waals surface area contributed by atoms with Gasteiger partial charge < -0.3 is 15.0 Å². The second kappa shape index (κ2) is 8.07. The lowest BCUT2D eigenvalue weighted by atomic mass is 10.2. The predicted octanol–water partition coefficient (Wildman–Crippen LogP) is 2.15. The zero-order chi connectivity index (χ0) is 14.3. The number of hydrogen-bond donors (Lipinski definition) is 2. The van der Waals surface area contributed by atoms with Crippen molar-refractivity contribution < 1.29 is 4.74 Å². The lowest BCUT2D eigenvalue weighted by molar-refractivity contribution is 0.0490. The standard InChI is InChI=1S/C14H25N3O2/c1-5-7-12(19-6-2)14-16-11(8-13(18)17-14)9-15-10(3)4/h8,10,12,15H,5-7,9H2,1-4H3,(H,16,17,18). The minimum Gasteiger partial charge on any atom is -0.371 e. The molecule has 108 valence electrons. The maximum Gasteiger partial charge on any atom is 0.251 e. The molecule has 0 fully saturated rings. The van der Waals surface area contributed by atoms with Crippen LogP contribution in [-0.2, 0) is 11.3 Å². The molecule has 0 aliphatic rings. The summed E-state index contributed by atoms with van der Waals surface area (Å²) >= 11 is 0. The number of nitrogens with zero attached hydrogens (tertiary/aromatic N) is 1. The summed E-state index contributed by atoms with van der Waals surface area (Å²) in [6, 6.07) is 1.90. The van der Waals surface area contributed by atoms with Crippen LogP contribution in [0.2, 0.25) is 0 Å². The predicted molar refractivity (Wildman–Crippen MR) is 76.1 cm³/mol. The summed E-state index contributed by atoms with van der Waals surface area (Å²) < 4.78 is 5.65. The topological polar surface area (TPSA) is 67.0 Å². The number of aromatic nitrogens is 2. The highest BCUT2D eigenvalue weighted by Crippen LogP contribution is 2.18. The SMILES string of the molecule is CCCC(OCC)c1nc(CNC(C)C)cc(=O)[nH]1. The van der Waals surface area contributed by atoms with E-state index in [2.05, 4.69) is 36.1 Å². The van der Waals surface area contributed by atoms with Crippen LogP contribution in [0.4, 0.5) is 0 Å². The first-order valence-electron chi connectivity index (χ1n) is 7.01. The van der Waals surface area contributed by atoms with Crippen LogP contribution in [0.1, 0.15) is 58.2 Å². The highest BCUT2D eigenvalue weighted by molar-refractivity contribution is 5.04. The smallest absolute Gasteiger partial charge is 0.251 e. The third kappa shape index (κ3) is 5.53. The first-order valence-corrected chi connectivity index (χ1v) is 7.01. The van der Waals surface area contributed by atoms with E-state index in [1.165, 1.54) is 6.07 Å². The van der Waals surface area contributed by atoms with Gasteiger partial charge in [-0.15, -0.1) is 0 Å². The molecule has 1 aromatic rings. The van der Waals surface area contributed by atoms with Crippen molar-refractivity contribution in [3.05, 3.63) is 27.9 Å². The Morgan fingerprint density at radius 2 is 2.16 bits per heavy atom. The molecule has 5 nitrogen and oxygen atoms in total. The van der Waals surface area contributed by atoms with Crippen LogP contribution >= 0.6 is 0 Å². The molecule has 0 saturated heterocycles. The van der Waals surface area contributed by atoms with Crippen LogP contribution in [0.5, 0.6) is 0 Å². The molecule has 1 atom stereocenters. The second-order valence-electron chi connectivity index (χ2n) is 4.89. The monoisotopic (exact) mass is 267 g/mol. The van der Waals surface area contributed by atoms with Gasteiger partial charge in [-0.2, -0.15) is 0 Å². The Kier molecular flexibility index (Phi) is 6.73. The van der Waals surface area contributed by atoms with E-state index < -0.39 is 0 Å². The Hall–Kier alpha value is -1.20. The van der Waals surface area contributed by atoms with E-state index in [9.17, 15) is 4.79 Å². The third-order valence-corrected chi connectivity index (χ3v) is 2.73. The summed E-state index contributed by atoms with van der Waals surface area (Å²) in [6.45, 7) is 9.38. The Labute approximate surface area is 114 Å². The first kappa shape index (κ1) is 15.9. The zero-order valence-corrected chi connectivity index (χ0v) is 12.3. The molecule has 1 heterocycles. The molecule has 0 aliphatic heterocycles. The number of nitrogens with one attached hydrogen (secondary N) is 2. The van der Waals surface area contributed by atoms with Gasteiger partial charge in [0.15, 0.2) is 0 Å². The normalized spacial score (nSPS) is 12.9. The number of aromatic amines is 1. The van der Waals surface area contributed by atoms with Crippen molar-refractivity contribution in [2.45, 2.75) is 59.2 Å². The molecule has 1 aromatic heterocycles. The van der Waals surface area contributed by atoms with E-state index in [-0.39, 0.29) is 11.7 Å². The molecule has 2 N–H and O–H groups in total. The quantitative estimate of drug-likeness (QED) is 0.757. The summed E-state index contributed by atoms with van der Waals surface area (Å²) in [7, 11) is 0. The van der Waals surface area contributed by atoms with Crippen LogP contribution in [0.25, 0.3) is 0 Å². The van der Waals surface area contributed by atoms with Gasteiger partial charge in [0.2, 0.25) is 0 Å². The van der Waals surface area contributed by atoms with Gasteiger partial charge in [0.25, 0.3) is 5.56 Å². The molecule has 1 unspecified atom stereocenters. The number of ether oxygens (including phenoxy) is 1. The summed E-state index contributed by atoms with van der Waals surface area (Å²) in [5, 5.41) is 3.26. The number of hydrogen-bond acceptors (Lipinski definition) is 4. The fourth-order valence-electron chi connectivity index (χ4n) is 1.84. The Bertz CT molecular complexity index is 423. The summed E-state index contributed by atoms with van der Waals surface area (Å²) in [4.78, 5) is 19.0. The van der Waals surface area contributed by atoms with Crippen LogP contribution in [-0.4, -0.2) is 22.6 Å². The molecule has 5 heteroatoms. The van der Waals surface area contributed by atoms with Crippen molar-refractivity contribution in [3.63, 3.8) is 0 Å². The molecule has 0 amide bonds. The lowest BCUT2D eigenvalue weighted by Crippen LogP contribution is -2.25. The van der Waals surface area contributed by atoms with E-state index in [0.717, 1.165) is 18.5 Å². The minimum atomic E-state index is -0.123. The van der Waals surface area contributed by atoms with Crippen LogP contribution in [0, 0.1) is 0 Å². The molecule has 0 aromatic carbocycles. The molecule has 0 bridgehead atoms. The fraction of sp³-hybridized carbons (Fsp3) is 0.714. The van der Waals surface area contributed by atoms with Crippen molar-refractivity contribution in [3.8, 4) is 0 Å². The molecule has 0 radical (unpaired) electrons. The molecular formula is C14H25N3O2. The van der Waals surface area contributed by atoms with Crippen molar-refractivity contribution in [2.24, 2.45) is 0 Å². The van der Waals surface area contributed by atoms with E-state index in [1.807, 2.05) is 6.92 Å². The Balaban J connectivity index is 2.89. The van der Waals surface area contributed by atoms with Crippen molar-refractivity contribution >= 4 is 0 Å². The summed E-state index contributed by atoms with van der Waals surface area (Å²) in [5.41, 5.74) is 0.639. The lowest BCUT2D eigenvalue weighted by Gasteiger charge is -2.16. The van der Waals surface area contributed by atoms with Gasteiger partial charge >= 0.3 is 0 Å². The molecule has 0 saturated carbocycles. The number of H-pyrrole nitrogens is 1. The van der Waals surface area contributed by atoms with Gasteiger partial charge in [0.05, 0.1) is 5.69 Å². The Morgan fingerprint density at radius 1 is 1.42 bits per heavy atom. The van der Waals surface area contributed by atoms with Crippen LogP contribution < -0.4 is 10.9 Å².